The van der Waals surface area contributed by atoms with Gasteiger partial charge in [-0.25, -0.2) is 0 Å². The maximum atomic E-state index is 12.5. The molecule has 0 aromatic heterocycles. The molecule has 0 saturated carbocycles. The van der Waals surface area contributed by atoms with Crippen molar-refractivity contribution in [2.45, 2.75) is 36.2 Å². The largest absolute Gasteiger partial charge is 0.612 e. The third-order valence-electron chi connectivity index (χ3n) is 1.29. The number of hydrogen-bond donors (Lipinski definition) is 0. The number of rotatable bonds is 4. The maximum Gasteiger partial charge on any atom is 0.396 e. The Bertz CT molecular complexity index is 192. The summed E-state index contributed by atoms with van der Waals surface area (Å²) in [5, 5.41) is 0. The van der Waals surface area contributed by atoms with Crippen molar-refractivity contribution in [3.05, 3.63) is 0 Å². The summed E-state index contributed by atoms with van der Waals surface area (Å²) >= 11 is -3.48. The number of alkyl halides is 8. The predicted molar refractivity (Wildman–Crippen MR) is 39.3 cm³/mol. The zero-order valence-electron chi connectivity index (χ0n) is 7.41. The summed E-state index contributed by atoms with van der Waals surface area (Å²) in [5.74, 6) is 0. The molecule has 0 saturated heterocycles. The molecule has 0 aliphatic carbocycles. The molecule has 0 heterocycles. The Morgan fingerprint density at radius 3 is 1.25 bits per heavy atom. The van der Waals surface area contributed by atoms with Crippen LogP contribution < -0.4 is 0 Å². The van der Waals surface area contributed by atoms with Crippen molar-refractivity contribution in [1.29, 1.82) is 0 Å². The Morgan fingerprint density at radius 1 is 0.812 bits per heavy atom. The van der Waals surface area contributed by atoms with Gasteiger partial charge in [0.2, 0.25) is 0 Å². The van der Waals surface area contributed by atoms with Crippen molar-refractivity contribution in [2.75, 3.05) is 0 Å². The highest BCUT2D eigenvalue weighted by Crippen LogP contribution is 2.31. The second kappa shape index (κ2) is 5.39. The Balaban J connectivity index is 4.27. The third-order valence-corrected chi connectivity index (χ3v) is 2.63. The first kappa shape index (κ1) is 15.8. The van der Waals surface area contributed by atoms with E-state index >= 15 is 0 Å². The van der Waals surface area contributed by atoms with Gasteiger partial charge in [-0.1, -0.05) is 0 Å². The molecule has 2 unspecified atom stereocenters. The van der Waals surface area contributed by atoms with Gasteiger partial charge >= 0.3 is 12.4 Å². The van der Waals surface area contributed by atoms with E-state index in [1.807, 2.05) is 0 Å². The Kier molecular flexibility index (Phi) is 5.30. The fraction of sp³-hybridized carbons (Fsp3) is 1.00. The average molecular weight is 278 g/mol. The summed E-state index contributed by atoms with van der Waals surface area (Å²) in [6, 6.07) is 0. The van der Waals surface area contributed by atoms with E-state index in [4.69, 9.17) is 0 Å². The fourth-order valence-electron chi connectivity index (χ4n) is 0.688. The molecule has 0 radical (unpaired) electrons. The molecule has 0 aliphatic heterocycles. The van der Waals surface area contributed by atoms with Crippen LogP contribution in [0.1, 0.15) is 12.8 Å². The predicted octanol–water partition coefficient (Wildman–Crippen LogP) is 3.23. The van der Waals surface area contributed by atoms with Crippen molar-refractivity contribution in [3.8, 4) is 0 Å². The zero-order chi connectivity index (χ0) is 13.1. The summed E-state index contributed by atoms with van der Waals surface area (Å²) in [5.41, 5.74) is -6.39. The van der Waals surface area contributed by atoms with E-state index in [9.17, 15) is 39.7 Å². The molecule has 0 amide bonds. The van der Waals surface area contributed by atoms with Gasteiger partial charge in [-0.3, -0.25) is 0 Å². The van der Waals surface area contributed by atoms with Gasteiger partial charge < -0.3 is 4.55 Å². The standard InChI is InChI=1S/C6H6F8OS/c7-3(1-5(9,10)11)16(15)4(8)2-6(12,13)14/h3-4H,1-2H2. The Labute approximate surface area is 88.0 Å². The van der Waals surface area contributed by atoms with Gasteiger partial charge in [-0.15, -0.1) is 0 Å². The van der Waals surface area contributed by atoms with Crippen LogP contribution in [0.25, 0.3) is 0 Å². The van der Waals surface area contributed by atoms with E-state index in [0.717, 1.165) is 0 Å². The molecule has 0 aliphatic rings. The van der Waals surface area contributed by atoms with Gasteiger partial charge in [-0.05, 0) is 0 Å². The molecule has 0 N–H and O–H groups in total. The third kappa shape index (κ3) is 7.09. The minimum atomic E-state index is -5.05. The van der Waals surface area contributed by atoms with Crippen LogP contribution in [0, 0.1) is 0 Å². The van der Waals surface area contributed by atoms with Crippen LogP contribution in [0.4, 0.5) is 35.1 Å². The van der Waals surface area contributed by atoms with Crippen LogP contribution in [-0.2, 0) is 11.2 Å². The van der Waals surface area contributed by atoms with E-state index in [0.29, 0.717) is 0 Å². The van der Waals surface area contributed by atoms with E-state index in [1.54, 1.807) is 0 Å². The topological polar surface area (TPSA) is 23.1 Å². The molecule has 16 heavy (non-hydrogen) atoms. The molecule has 0 fully saturated rings. The molecule has 0 aromatic rings. The van der Waals surface area contributed by atoms with Crippen molar-refractivity contribution in [2.24, 2.45) is 0 Å². The molecule has 0 aromatic carbocycles. The monoisotopic (exact) mass is 278 g/mol. The highest BCUT2D eigenvalue weighted by Gasteiger charge is 2.45. The second-order valence-electron chi connectivity index (χ2n) is 2.79. The van der Waals surface area contributed by atoms with Gasteiger partial charge in [0.1, 0.15) is 12.8 Å². The van der Waals surface area contributed by atoms with E-state index < -0.39 is 47.4 Å². The molecule has 0 bridgehead atoms. The lowest BCUT2D eigenvalue weighted by Crippen LogP contribution is -2.33. The molecule has 1 nitrogen and oxygen atoms in total. The summed E-state index contributed by atoms with van der Waals surface area (Å²) in [6.07, 6.45) is -14.6. The van der Waals surface area contributed by atoms with E-state index in [-0.39, 0.29) is 0 Å². The first-order valence-electron chi connectivity index (χ1n) is 3.73. The lowest BCUT2D eigenvalue weighted by Gasteiger charge is -2.20. The molecule has 10 heteroatoms. The van der Waals surface area contributed by atoms with Crippen molar-refractivity contribution >= 4 is 11.2 Å². The molecule has 98 valence electrons. The summed E-state index contributed by atoms with van der Waals surface area (Å²) in [6.45, 7) is 0. The first-order valence-corrected chi connectivity index (χ1v) is 5.01. The zero-order valence-corrected chi connectivity index (χ0v) is 8.23. The van der Waals surface area contributed by atoms with Gasteiger partial charge in [0.05, 0.1) is 0 Å². The first-order chi connectivity index (χ1) is 6.92. The summed E-state index contributed by atoms with van der Waals surface area (Å²) in [4.78, 5) is 0. The van der Waals surface area contributed by atoms with Crippen LogP contribution in [0.2, 0.25) is 0 Å². The molecular weight excluding hydrogens is 272 g/mol. The van der Waals surface area contributed by atoms with Gasteiger partial charge in [0, 0.05) is 11.2 Å². The van der Waals surface area contributed by atoms with E-state index in [1.165, 1.54) is 0 Å². The fourth-order valence-corrected chi connectivity index (χ4v) is 1.72. The highest BCUT2D eigenvalue weighted by atomic mass is 32.2. The van der Waals surface area contributed by atoms with Crippen molar-refractivity contribution in [3.63, 3.8) is 0 Å². The van der Waals surface area contributed by atoms with Crippen LogP contribution in [0.3, 0.4) is 0 Å². The van der Waals surface area contributed by atoms with Crippen LogP contribution in [0.5, 0.6) is 0 Å². The van der Waals surface area contributed by atoms with Crippen LogP contribution >= 0.6 is 0 Å². The lowest BCUT2D eigenvalue weighted by atomic mass is 10.4. The lowest BCUT2D eigenvalue weighted by molar-refractivity contribution is -0.142. The second-order valence-corrected chi connectivity index (χ2v) is 4.47. The van der Waals surface area contributed by atoms with E-state index in [2.05, 4.69) is 0 Å². The Hall–Kier alpha value is -0.250. The molecule has 2 atom stereocenters. The summed E-state index contributed by atoms with van der Waals surface area (Å²) in [7, 11) is 0. The molecule has 0 rings (SSSR count). The number of halogens is 8. The molecule has 0 spiro atoms. The molecular formula is C6H6F8OS. The van der Waals surface area contributed by atoms with Crippen molar-refractivity contribution < 1.29 is 39.7 Å². The van der Waals surface area contributed by atoms with Crippen LogP contribution in [0.15, 0.2) is 0 Å². The minimum Gasteiger partial charge on any atom is -0.612 e. The van der Waals surface area contributed by atoms with Crippen LogP contribution in [-0.4, -0.2) is 27.9 Å². The maximum absolute atomic E-state index is 12.5. The SMILES string of the molecule is [O-][S+](C(F)CC(F)(F)F)C(F)CC(F)(F)F. The normalized spacial score (nSPS) is 19.3. The van der Waals surface area contributed by atoms with Gasteiger partial charge in [0.25, 0.3) is 11.0 Å². The quantitative estimate of drug-likeness (QED) is 0.572. The summed E-state index contributed by atoms with van der Waals surface area (Å²) < 4.78 is 105. The van der Waals surface area contributed by atoms with Gasteiger partial charge in [0.15, 0.2) is 0 Å². The highest BCUT2D eigenvalue weighted by molar-refractivity contribution is 7.92. The van der Waals surface area contributed by atoms with Crippen molar-refractivity contribution in [1.82, 2.24) is 0 Å². The smallest absolute Gasteiger partial charge is 0.396 e. The van der Waals surface area contributed by atoms with Gasteiger partial charge in [-0.2, -0.15) is 35.1 Å². The number of hydrogen-bond acceptors (Lipinski definition) is 1. The minimum absolute atomic E-state index is 2.24. The Morgan fingerprint density at radius 2 is 1.06 bits per heavy atom. The average Bonchev–Trinajstić information content (AvgIpc) is 1.96.